The molecular weight excluding hydrogens is 250 g/mol. The molecule has 1 saturated carbocycles. The molecule has 106 valence electrons. The van der Waals surface area contributed by atoms with Crippen LogP contribution in [0, 0.1) is 17.2 Å². The molecule has 0 radical (unpaired) electrons. The van der Waals surface area contributed by atoms with E-state index in [1.54, 1.807) is 24.3 Å². The van der Waals surface area contributed by atoms with Crippen LogP contribution in [0.4, 0.5) is 5.69 Å². The van der Waals surface area contributed by atoms with Crippen LogP contribution in [0.3, 0.4) is 0 Å². The summed E-state index contributed by atoms with van der Waals surface area (Å²) >= 11 is 0. The van der Waals surface area contributed by atoms with Gasteiger partial charge in [0.2, 0.25) is 5.91 Å². The van der Waals surface area contributed by atoms with Gasteiger partial charge in [0.1, 0.15) is 0 Å². The van der Waals surface area contributed by atoms with Crippen molar-refractivity contribution >= 4 is 11.6 Å². The molecule has 0 aliphatic heterocycles. The Morgan fingerprint density at radius 2 is 2.10 bits per heavy atom. The van der Waals surface area contributed by atoms with Gasteiger partial charge in [-0.2, -0.15) is 5.26 Å². The summed E-state index contributed by atoms with van der Waals surface area (Å²) in [5, 5.41) is 11.6. The zero-order valence-corrected chi connectivity index (χ0v) is 12.1. The second-order valence-corrected chi connectivity index (χ2v) is 5.59. The summed E-state index contributed by atoms with van der Waals surface area (Å²) in [5.41, 5.74) is 1.33. The highest BCUT2D eigenvalue weighted by Gasteiger charge is 2.24. The predicted octanol–water partition coefficient (Wildman–Crippen LogP) is 2.62. The summed E-state index contributed by atoms with van der Waals surface area (Å²) in [6, 6.07) is 8.85. The average molecular weight is 271 g/mol. The highest BCUT2D eigenvalue weighted by molar-refractivity contribution is 5.94. The molecule has 0 aromatic heterocycles. The number of nitrogens with zero attached hydrogens (tertiary/aromatic N) is 2. The Balaban J connectivity index is 1.87. The Morgan fingerprint density at radius 3 is 2.60 bits per heavy atom. The van der Waals surface area contributed by atoms with Crippen molar-refractivity contribution in [3.63, 3.8) is 0 Å². The number of nitrogens with one attached hydrogen (secondary N) is 1. The number of hydrogen-bond donors (Lipinski definition) is 1. The fourth-order valence-electron chi connectivity index (χ4n) is 2.32. The molecule has 0 spiro atoms. The van der Waals surface area contributed by atoms with Gasteiger partial charge in [-0.15, -0.1) is 0 Å². The Bertz CT molecular complexity index is 499. The maximum Gasteiger partial charge on any atom is 0.241 e. The fraction of sp³-hybridized carbons (Fsp3) is 0.500. The van der Waals surface area contributed by atoms with E-state index in [1.165, 1.54) is 19.3 Å². The van der Waals surface area contributed by atoms with Crippen LogP contribution in [-0.2, 0) is 4.79 Å². The van der Waals surface area contributed by atoms with Crippen LogP contribution in [-0.4, -0.2) is 30.4 Å². The molecule has 1 aromatic carbocycles. The van der Waals surface area contributed by atoms with Crippen molar-refractivity contribution in [2.45, 2.75) is 32.2 Å². The molecule has 1 atom stereocenters. The van der Waals surface area contributed by atoms with E-state index in [1.807, 2.05) is 14.0 Å². The minimum Gasteiger partial charge on any atom is -0.325 e. The monoisotopic (exact) mass is 271 g/mol. The summed E-state index contributed by atoms with van der Waals surface area (Å²) in [6.45, 7) is 2.92. The van der Waals surface area contributed by atoms with Gasteiger partial charge in [0.25, 0.3) is 0 Å². The highest BCUT2D eigenvalue weighted by Crippen LogP contribution is 2.27. The number of hydrogen-bond acceptors (Lipinski definition) is 3. The lowest BCUT2D eigenvalue weighted by atomic mass is 9.85. The van der Waals surface area contributed by atoms with Crippen LogP contribution in [0.15, 0.2) is 24.3 Å². The van der Waals surface area contributed by atoms with Gasteiger partial charge in [-0.25, -0.2) is 0 Å². The van der Waals surface area contributed by atoms with E-state index >= 15 is 0 Å². The van der Waals surface area contributed by atoms with E-state index in [-0.39, 0.29) is 11.9 Å². The normalized spacial score (nSPS) is 16.3. The third-order valence-corrected chi connectivity index (χ3v) is 4.09. The molecule has 1 N–H and O–H groups in total. The van der Waals surface area contributed by atoms with E-state index in [2.05, 4.69) is 16.3 Å². The first-order valence-electron chi connectivity index (χ1n) is 7.11. The molecule has 1 unspecified atom stereocenters. The highest BCUT2D eigenvalue weighted by atomic mass is 16.2. The molecule has 4 nitrogen and oxygen atoms in total. The lowest BCUT2D eigenvalue weighted by Gasteiger charge is -2.32. The second kappa shape index (κ2) is 6.53. The minimum absolute atomic E-state index is 0.00321. The Hall–Kier alpha value is -1.86. The minimum atomic E-state index is -0.147. The van der Waals surface area contributed by atoms with Gasteiger partial charge < -0.3 is 5.32 Å². The average Bonchev–Trinajstić information content (AvgIpc) is 2.42. The van der Waals surface area contributed by atoms with Gasteiger partial charge in [0, 0.05) is 12.2 Å². The lowest BCUT2D eigenvalue weighted by Crippen LogP contribution is -2.42. The van der Waals surface area contributed by atoms with E-state index in [0.29, 0.717) is 5.56 Å². The lowest BCUT2D eigenvalue weighted by molar-refractivity contribution is -0.120. The topological polar surface area (TPSA) is 56.1 Å². The molecule has 0 heterocycles. The van der Waals surface area contributed by atoms with Gasteiger partial charge in [-0.3, -0.25) is 9.69 Å². The van der Waals surface area contributed by atoms with Crippen molar-refractivity contribution < 1.29 is 4.79 Å². The molecular formula is C16H21N3O. The van der Waals surface area contributed by atoms with Crippen molar-refractivity contribution in [1.82, 2.24) is 4.90 Å². The molecule has 4 heteroatoms. The van der Waals surface area contributed by atoms with E-state index in [4.69, 9.17) is 5.26 Å². The molecule has 1 aromatic rings. The number of amides is 1. The number of carbonyl (C=O) groups excluding carboxylic acids is 1. The number of benzene rings is 1. The summed E-state index contributed by atoms with van der Waals surface area (Å²) in [6.07, 6.45) is 3.90. The molecule has 1 amide bonds. The van der Waals surface area contributed by atoms with Gasteiger partial charge in [-0.05, 0) is 57.0 Å². The fourth-order valence-corrected chi connectivity index (χ4v) is 2.32. The summed E-state index contributed by atoms with van der Waals surface area (Å²) < 4.78 is 0. The smallest absolute Gasteiger partial charge is 0.241 e. The second-order valence-electron chi connectivity index (χ2n) is 5.59. The van der Waals surface area contributed by atoms with Crippen molar-refractivity contribution in [3.05, 3.63) is 29.8 Å². The largest absolute Gasteiger partial charge is 0.325 e. The first-order valence-corrected chi connectivity index (χ1v) is 7.11. The Kier molecular flexibility index (Phi) is 4.75. The maximum atomic E-state index is 12.2. The van der Waals surface area contributed by atoms with E-state index in [9.17, 15) is 4.79 Å². The molecule has 1 fully saturated rings. The summed E-state index contributed by atoms with van der Waals surface area (Å²) in [4.78, 5) is 14.3. The zero-order chi connectivity index (χ0) is 14.5. The molecule has 1 aliphatic carbocycles. The molecule has 0 bridgehead atoms. The first kappa shape index (κ1) is 14.5. The van der Waals surface area contributed by atoms with E-state index < -0.39 is 0 Å². The Morgan fingerprint density at radius 1 is 1.45 bits per heavy atom. The predicted molar refractivity (Wildman–Crippen MR) is 79.2 cm³/mol. The van der Waals surface area contributed by atoms with Crippen LogP contribution in [0.25, 0.3) is 0 Å². The number of anilines is 1. The molecule has 1 aliphatic rings. The van der Waals surface area contributed by atoms with Gasteiger partial charge in [-0.1, -0.05) is 6.42 Å². The maximum absolute atomic E-state index is 12.2. The number of rotatable bonds is 5. The van der Waals surface area contributed by atoms with Gasteiger partial charge in [0.05, 0.1) is 17.7 Å². The van der Waals surface area contributed by atoms with Crippen LogP contribution in [0.2, 0.25) is 0 Å². The van der Waals surface area contributed by atoms with Crippen molar-refractivity contribution in [2.24, 2.45) is 5.92 Å². The van der Waals surface area contributed by atoms with Crippen molar-refractivity contribution in [3.8, 4) is 6.07 Å². The zero-order valence-electron chi connectivity index (χ0n) is 12.1. The van der Waals surface area contributed by atoms with E-state index in [0.717, 1.165) is 18.2 Å². The van der Waals surface area contributed by atoms with Crippen LogP contribution in [0.1, 0.15) is 31.7 Å². The van der Waals surface area contributed by atoms with Crippen molar-refractivity contribution in [1.29, 1.82) is 5.26 Å². The number of likely N-dealkylation sites (N-methyl/N-ethyl adjacent to an activating group) is 1. The van der Waals surface area contributed by atoms with Crippen LogP contribution in [0.5, 0.6) is 0 Å². The standard InChI is InChI=1S/C16H21N3O/c1-12(19(2)11-14-4-3-5-14)16(20)18-15-8-6-13(10-17)7-9-15/h6-9,12,14H,3-5,11H2,1-2H3,(H,18,20). The molecule has 2 rings (SSSR count). The van der Waals surface area contributed by atoms with Gasteiger partial charge >= 0.3 is 0 Å². The summed E-state index contributed by atoms with van der Waals surface area (Å²) in [7, 11) is 2.00. The first-order chi connectivity index (χ1) is 9.60. The SMILES string of the molecule is CC(C(=O)Nc1ccc(C#N)cc1)N(C)CC1CCC1. The van der Waals surface area contributed by atoms with Crippen LogP contribution >= 0.6 is 0 Å². The van der Waals surface area contributed by atoms with Crippen LogP contribution < -0.4 is 5.32 Å². The third-order valence-electron chi connectivity index (χ3n) is 4.09. The quantitative estimate of drug-likeness (QED) is 0.895. The number of carbonyl (C=O) groups is 1. The molecule has 20 heavy (non-hydrogen) atoms. The van der Waals surface area contributed by atoms with Crippen molar-refractivity contribution in [2.75, 3.05) is 18.9 Å². The van der Waals surface area contributed by atoms with Gasteiger partial charge in [0.15, 0.2) is 0 Å². The molecule has 0 saturated heterocycles. The number of nitriles is 1. The summed E-state index contributed by atoms with van der Waals surface area (Å²) in [5.74, 6) is 0.752. The third kappa shape index (κ3) is 3.58. The Labute approximate surface area is 120 Å².